The maximum absolute atomic E-state index is 8.53. The number of quaternary nitrogens is 1. The second-order valence-corrected chi connectivity index (χ2v) is 9.42. The highest BCUT2D eigenvalue weighted by Crippen LogP contribution is 2.26. The molecule has 0 bridgehead atoms. The molecule has 0 amide bonds. The number of likely N-dealkylation sites (N-methyl/N-ethyl adjacent to an activating group) is 1. The van der Waals surface area contributed by atoms with Crippen molar-refractivity contribution in [1.29, 1.82) is 5.41 Å². The highest BCUT2D eigenvalue weighted by atomic mass is 16.5. The summed E-state index contributed by atoms with van der Waals surface area (Å²) in [5.74, 6) is 0.977. The molecule has 4 atom stereocenters. The number of rotatable bonds is 9. The van der Waals surface area contributed by atoms with Crippen LogP contribution in [0, 0.1) is 30.1 Å². The molecule has 0 saturated heterocycles. The zero-order valence-corrected chi connectivity index (χ0v) is 20.6. The van der Waals surface area contributed by atoms with Crippen molar-refractivity contribution in [2.75, 3.05) is 13.6 Å². The molecule has 1 aromatic rings. The molecule has 0 radical (unpaired) electrons. The highest BCUT2D eigenvalue weighted by molar-refractivity contribution is 5.79. The number of nitrogens with one attached hydrogen (secondary N) is 3. The minimum Gasteiger partial charge on any atom is -0.424 e. The first kappa shape index (κ1) is 24.9. The van der Waals surface area contributed by atoms with Gasteiger partial charge < -0.3 is 21.1 Å². The van der Waals surface area contributed by atoms with Gasteiger partial charge in [-0.05, 0) is 44.2 Å². The molecular weight excluding hydrogens is 412 g/mol. The summed E-state index contributed by atoms with van der Waals surface area (Å²) < 4.78 is 5.96. The molecule has 178 valence electrons. The van der Waals surface area contributed by atoms with Crippen molar-refractivity contribution in [1.82, 2.24) is 20.6 Å². The van der Waals surface area contributed by atoms with Gasteiger partial charge in [-0.3, -0.25) is 10.4 Å². The minimum atomic E-state index is -0.604. The second kappa shape index (κ2) is 11.4. The Balaban J connectivity index is 1.66. The van der Waals surface area contributed by atoms with E-state index in [4.69, 9.17) is 15.1 Å². The average Bonchev–Trinajstić information content (AvgIpc) is 2.78. The molecule has 0 spiro atoms. The molecule has 1 aromatic heterocycles. The lowest BCUT2D eigenvalue weighted by Crippen LogP contribution is -2.56. The lowest BCUT2D eigenvalue weighted by molar-refractivity contribution is -0.486. The Hall–Kier alpha value is -2.77. The van der Waals surface area contributed by atoms with Gasteiger partial charge in [-0.1, -0.05) is 51.2 Å². The average molecular weight is 452 g/mol. The maximum atomic E-state index is 8.53. The van der Waals surface area contributed by atoms with Crippen LogP contribution in [0.15, 0.2) is 48.4 Å². The lowest BCUT2D eigenvalue weighted by atomic mass is 9.87. The van der Waals surface area contributed by atoms with Gasteiger partial charge in [-0.25, -0.2) is 4.98 Å². The fourth-order valence-corrected chi connectivity index (χ4v) is 4.11. The Labute approximate surface area is 197 Å². The summed E-state index contributed by atoms with van der Waals surface area (Å²) in [6.07, 6.45) is 16.1. The van der Waals surface area contributed by atoms with Crippen LogP contribution in [-0.2, 0) is 4.74 Å². The fraction of sp³-hybridized carbons (Fsp3) is 0.500. The third-order valence-corrected chi connectivity index (χ3v) is 6.12. The van der Waals surface area contributed by atoms with Gasteiger partial charge in [0, 0.05) is 24.4 Å². The Morgan fingerprint density at radius 2 is 2.09 bits per heavy atom. The number of ether oxygens (including phenoxy) is 1. The van der Waals surface area contributed by atoms with Crippen LogP contribution in [0.4, 0.5) is 0 Å². The number of aromatic nitrogens is 2. The Kier molecular flexibility index (Phi) is 8.58. The molecule has 0 saturated carbocycles. The Bertz CT molecular complexity index is 962. The van der Waals surface area contributed by atoms with Crippen molar-refractivity contribution in [2.45, 2.75) is 52.8 Å². The predicted octanol–water partition coefficient (Wildman–Crippen LogP) is 3.29. The van der Waals surface area contributed by atoms with Crippen molar-refractivity contribution in [3.63, 3.8) is 0 Å². The van der Waals surface area contributed by atoms with Crippen molar-refractivity contribution >= 4 is 11.5 Å². The molecule has 0 fully saturated rings. The number of nitrogens with zero attached hydrogens (tertiary/aromatic N) is 2. The van der Waals surface area contributed by atoms with Crippen LogP contribution in [0.2, 0.25) is 0 Å². The number of hydrogen-bond donors (Lipinski definition) is 4. The van der Waals surface area contributed by atoms with E-state index < -0.39 is 6.23 Å². The molecule has 0 aromatic carbocycles. The van der Waals surface area contributed by atoms with Crippen molar-refractivity contribution in [3.8, 4) is 0 Å². The Morgan fingerprint density at radius 1 is 1.30 bits per heavy atom. The van der Waals surface area contributed by atoms with Gasteiger partial charge in [0.25, 0.3) is 6.23 Å². The van der Waals surface area contributed by atoms with E-state index in [-0.39, 0.29) is 17.7 Å². The van der Waals surface area contributed by atoms with E-state index in [1.807, 2.05) is 26.2 Å². The van der Waals surface area contributed by atoms with Gasteiger partial charge in [-0.2, -0.15) is 0 Å². The van der Waals surface area contributed by atoms with Gasteiger partial charge in [0.15, 0.2) is 11.6 Å². The third-order valence-electron chi connectivity index (χ3n) is 6.12. The summed E-state index contributed by atoms with van der Waals surface area (Å²) in [7, 11) is 1.93. The largest absolute Gasteiger partial charge is 0.424 e. The first-order valence-electron chi connectivity index (χ1n) is 11.9. The van der Waals surface area contributed by atoms with E-state index in [0.29, 0.717) is 17.7 Å². The van der Waals surface area contributed by atoms with E-state index in [1.54, 1.807) is 6.20 Å². The lowest BCUT2D eigenvalue weighted by Gasteiger charge is -2.25. The van der Waals surface area contributed by atoms with Gasteiger partial charge in [0.2, 0.25) is 0 Å². The summed E-state index contributed by atoms with van der Waals surface area (Å²) >= 11 is 0. The summed E-state index contributed by atoms with van der Waals surface area (Å²) in [5.41, 5.74) is 8.55. The highest BCUT2D eigenvalue weighted by Gasteiger charge is 2.27. The van der Waals surface area contributed by atoms with E-state index in [0.717, 1.165) is 29.9 Å². The van der Waals surface area contributed by atoms with E-state index in [9.17, 15) is 0 Å². The first-order valence-corrected chi connectivity index (χ1v) is 11.9. The second-order valence-electron chi connectivity index (χ2n) is 9.42. The number of allylic oxidation sites excluding steroid dienone is 3. The SMILES string of the molecule is CNCC1=CC(C)C(C(=N)OC([NH3+])c2nc(C3=CNC(CCC(C)C)C=C3)cnc2C)C=C1. The predicted molar refractivity (Wildman–Crippen MR) is 133 cm³/mol. The normalized spacial score (nSPS) is 23.1. The summed E-state index contributed by atoms with van der Waals surface area (Å²) in [5, 5.41) is 15.2. The molecule has 2 heterocycles. The van der Waals surface area contributed by atoms with Gasteiger partial charge >= 0.3 is 0 Å². The van der Waals surface area contributed by atoms with Gasteiger partial charge in [-0.15, -0.1) is 0 Å². The molecular formula is C26H39N6O+. The molecule has 2 aliphatic rings. The zero-order chi connectivity index (χ0) is 24.0. The van der Waals surface area contributed by atoms with E-state index in [1.165, 1.54) is 12.0 Å². The first-order chi connectivity index (χ1) is 15.8. The van der Waals surface area contributed by atoms with Crippen molar-refractivity contribution in [3.05, 3.63) is 65.4 Å². The van der Waals surface area contributed by atoms with E-state index >= 15 is 0 Å². The van der Waals surface area contributed by atoms with Gasteiger partial charge in [0.05, 0.1) is 23.5 Å². The molecule has 7 nitrogen and oxygen atoms in total. The van der Waals surface area contributed by atoms with Crippen LogP contribution in [0.5, 0.6) is 0 Å². The number of hydrogen-bond acceptors (Lipinski definition) is 6. The zero-order valence-electron chi connectivity index (χ0n) is 20.6. The minimum absolute atomic E-state index is 0.109. The molecule has 33 heavy (non-hydrogen) atoms. The summed E-state index contributed by atoms with van der Waals surface area (Å²) in [6.45, 7) is 9.32. The maximum Gasteiger partial charge on any atom is 0.275 e. The van der Waals surface area contributed by atoms with Crippen molar-refractivity contribution < 1.29 is 10.5 Å². The van der Waals surface area contributed by atoms with Crippen LogP contribution in [0.3, 0.4) is 0 Å². The Morgan fingerprint density at radius 3 is 2.73 bits per heavy atom. The third kappa shape index (κ3) is 6.62. The number of aryl methyl sites for hydroxylation is 1. The monoisotopic (exact) mass is 451 g/mol. The van der Waals surface area contributed by atoms with Crippen molar-refractivity contribution in [2.24, 2.45) is 17.8 Å². The van der Waals surface area contributed by atoms with Crippen LogP contribution < -0.4 is 16.4 Å². The van der Waals surface area contributed by atoms with Crippen LogP contribution >= 0.6 is 0 Å². The quantitative estimate of drug-likeness (QED) is 0.262. The van der Waals surface area contributed by atoms with Crippen LogP contribution in [-0.4, -0.2) is 35.5 Å². The summed E-state index contributed by atoms with van der Waals surface area (Å²) in [6, 6.07) is 0.353. The molecule has 6 N–H and O–H groups in total. The molecule has 7 heteroatoms. The van der Waals surface area contributed by atoms with E-state index in [2.05, 4.69) is 66.4 Å². The topological polar surface area (TPSA) is 111 Å². The smallest absolute Gasteiger partial charge is 0.275 e. The molecule has 4 unspecified atom stereocenters. The number of dihydropyridines is 1. The summed E-state index contributed by atoms with van der Waals surface area (Å²) in [4.78, 5) is 9.34. The van der Waals surface area contributed by atoms with Crippen LogP contribution in [0.1, 0.15) is 56.9 Å². The van der Waals surface area contributed by atoms with Crippen LogP contribution in [0.25, 0.3) is 5.57 Å². The molecule has 1 aliphatic heterocycles. The fourth-order valence-electron chi connectivity index (χ4n) is 4.11. The standard InChI is InChI=1S/C26H38N6O/c1-16(2)6-9-21-10-8-20(14-31-21)23-15-30-18(4)24(32-23)26(28)33-25(27)22-11-7-19(13-29-5)12-17(22)3/h7-8,10-12,14-17,21-22,26-27,29,31H,6,9,13,28H2,1-5H3/p+1. The van der Waals surface area contributed by atoms with Gasteiger partial charge in [0.1, 0.15) is 0 Å². The molecule has 1 aliphatic carbocycles. The molecule has 3 rings (SSSR count).